The number of hydrogen-bond acceptors (Lipinski definition) is 5. The van der Waals surface area contributed by atoms with Crippen LogP contribution in [-0.4, -0.2) is 69.8 Å². The zero-order chi connectivity index (χ0) is 28.8. The van der Waals surface area contributed by atoms with Crippen LogP contribution in [0.2, 0.25) is 0 Å². The molecule has 0 radical (unpaired) electrons. The lowest BCUT2D eigenvalue weighted by Crippen LogP contribution is -2.56. The molecule has 0 unspecified atom stereocenters. The number of rotatable bonds is 4. The lowest BCUT2D eigenvalue weighted by molar-refractivity contribution is -0.114. The van der Waals surface area contributed by atoms with Crippen molar-refractivity contribution in [3.8, 4) is 11.1 Å². The van der Waals surface area contributed by atoms with Gasteiger partial charge >= 0.3 is 6.18 Å². The number of pyridine rings is 1. The minimum Gasteiger partial charge on any atom is -0.339 e. The molecule has 11 heteroatoms. The standard InChI is InChI=1S/C29H30F3N5O3.H2/c1-18-16-20(4-6-22(18)21-5-9-25(33-17-21)34-19(2)38)27(40)36-12-10-28(11-13-36)24-8-7-23(26(39)29(30,31)32)37(24)15-14-35(28)3;/h4-9,16-17H,10-15H2,1-3H3,(H,33,34,38);1H. The highest BCUT2D eigenvalue weighted by Crippen LogP contribution is 2.42. The molecule has 3 aromatic rings. The maximum absolute atomic E-state index is 13.4. The third kappa shape index (κ3) is 4.90. The van der Waals surface area contributed by atoms with Crippen LogP contribution in [0.1, 0.15) is 53.3 Å². The van der Waals surface area contributed by atoms with Crippen molar-refractivity contribution in [2.24, 2.45) is 0 Å². The molecule has 1 spiro atoms. The van der Waals surface area contributed by atoms with Crippen LogP contribution in [0.4, 0.5) is 19.0 Å². The van der Waals surface area contributed by atoms with Crippen molar-refractivity contribution in [2.75, 3.05) is 32.0 Å². The van der Waals surface area contributed by atoms with Gasteiger partial charge in [0, 0.05) is 57.5 Å². The van der Waals surface area contributed by atoms with Crippen LogP contribution < -0.4 is 5.32 Å². The molecule has 40 heavy (non-hydrogen) atoms. The predicted octanol–water partition coefficient (Wildman–Crippen LogP) is 4.88. The van der Waals surface area contributed by atoms with E-state index in [4.69, 9.17) is 0 Å². The number of Topliss-reactive ketones (excluding diaryl/α,β-unsaturated/α-hetero) is 1. The number of nitrogens with zero attached hydrogens (tertiary/aromatic N) is 4. The zero-order valence-electron chi connectivity index (χ0n) is 22.5. The molecule has 1 N–H and O–H groups in total. The smallest absolute Gasteiger partial charge is 0.339 e. The Hall–Kier alpha value is -3.99. The van der Waals surface area contributed by atoms with Crippen molar-refractivity contribution in [2.45, 2.75) is 44.9 Å². The maximum atomic E-state index is 13.4. The van der Waals surface area contributed by atoms with E-state index in [1.165, 1.54) is 17.6 Å². The zero-order valence-corrected chi connectivity index (χ0v) is 22.5. The third-order valence-corrected chi connectivity index (χ3v) is 8.07. The summed E-state index contributed by atoms with van der Waals surface area (Å²) in [6.45, 7) is 5.02. The summed E-state index contributed by atoms with van der Waals surface area (Å²) in [5.41, 5.74) is 3.05. The van der Waals surface area contributed by atoms with Gasteiger partial charge in [0.1, 0.15) is 5.82 Å². The van der Waals surface area contributed by atoms with E-state index in [1.807, 2.05) is 32.2 Å². The highest BCUT2D eigenvalue weighted by molar-refractivity contribution is 5.99. The lowest BCUT2D eigenvalue weighted by atomic mass is 9.81. The average Bonchev–Trinajstić information content (AvgIpc) is 3.35. The number of benzene rings is 1. The number of amides is 2. The average molecular weight is 556 g/mol. The summed E-state index contributed by atoms with van der Waals surface area (Å²) in [6, 6.07) is 12.0. The molecule has 8 nitrogen and oxygen atoms in total. The van der Waals surface area contributed by atoms with Crippen molar-refractivity contribution in [3.05, 3.63) is 71.2 Å². The molecule has 212 valence electrons. The number of nitrogens with one attached hydrogen (secondary N) is 1. The van der Waals surface area contributed by atoms with Gasteiger partial charge in [-0.1, -0.05) is 6.07 Å². The van der Waals surface area contributed by atoms with Gasteiger partial charge in [0.2, 0.25) is 5.91 Å². The van der Waals surface area contributed by atoms with Crippen LogP contribution in [0, 0.1) is 6.92 Å². The Morgan fingerprint density at radius 2 is 1.73 bits per heavy atom. The molecule has 2 aromatic heterocycles. The molecular weight excluding hydrogens is 523 g/mol. The fourth-order valence-electron chi connectivity index (χ4n) is 5.95. The summed E-state index contributed by atoms with van der Waals surface area (Å²) in [4.78, 5) is 44.9. The normalized spacial score (nSPS) is 17.0. The number of likely N-dealkylation sites (tertiary alicyclic amines) is 1. The van der Waals surface area contributed by atoms with Crippen LogP contribution in [-0.2, 0) is 16.9 Å². The quantitative estimate of drug-likeness (QED) is 0.464. The number of ketones is 1. The fraction of sp³-hybridized carbons (Fsp3) is 0.379. The number of fused-ring (bicyclic) bond motifs is 2. The highest BCUT2D eigenvalue weighted by Gasteiger charge is 2.47. The minimum atomic E-state index is -4.93. The molecule has 1 aromatic carbocycles. The molecule has 2 aliphatic rings. The Balaban J connectivity index is 0.00000387. The van der Waals surface area contributed by atoms with Gasteiger partial charge in [-0.3, -0.25) is 19.3 Å². The molecule has 2 amide bonds. The first kappa shape index (κ1) is 27.6. The summed E-state index contributed by atoms with van der Waals surface area (Å²) in [6.07, 6.45) is -2.17. The topological polar surface area (TPSA) is 87.5 Å². The molecule has 1 saturated heterocycles. The second-order valence-electron chi connectivity index (χ2n) is 10.5. The van der Waals surface area contributed by atoms with E-state index in [0.29, 0.717) is 56.1 Å². The number of likely N-dealkylation sites (N-methyl/N-ethyl adjacent to an activating group) is 1. The minimum absolute atomic E-state index is 0. The highest BCUT2D eigenvalue weighted by atomic mass is 19.4. The number of piperidine rings is 1. The number of aryl methyl sites for hydroxylation is 1. The summed E-state index contributed by atoms with van der Waals surface area (Å²) in [7, 11) is 1.94. The Morgan fingerprint density at radius 1 is 1.00 bits per heavy atom. The number of carbonyl (C=O) groups is 3. The number of aromatic nitrogens is 2. The van der Waals surface area contributed by atoms with E-state index < -0.39 is 17.5 Å². The van der Waals surface area contributed by atoms with Crippen molar-refractivity contribution in [1.29, 1.82) is 0 Å². The Kier molecular flexibility index (Phi) is 7.03. The van der Waals surface area contributed by atoms with Gasteiger partial charge in [-0.25, -0.2) is 4.98 Å². The van der Waals surface area contributed by atoms with E-state index in [0.717, 1.165) is 16.7 Å². The molecule has 0 atom stereocenters. The monoisotopic (exact) mass is 555 g/mol. The molecule has 5 rings (SSSR count). The largest absolute Gasteiger partial charge is 0.456 e. The maximum Gasteiger partial charge on any atom is 0.456 e. The number of anilines is 1. The summed E-state index contributed by atoms with van der Waals surface area (Å²) in [5.74, 6) is -1.68. The first-order valence-corrected chi connectivity index (χ1v) is 13.1. The van der Waals surface area contributed by atoms with Gasteiger partial charge in [0.05, 0.1) is 11.2 Å². The van der Waals surface area contributed by atoms with Crippen LogP contribution >= 0.6 is 0 Å². The van der Waals surface area contributed by atoms with E-state index in [2.05, 4.69) is 15.2 Å². The van der Waals surface area contributed by atoms with Crippen LogP contribution in [0.25, 0.3) is 11.1 Å². The summed E-state index contributed by atoms with van der Waals surface area (Å²) >= 11 is 0. The van der Waals surface area contributed by atoms with Crippen molar-refractivity contribution >= 4 is 23.4 Å². The van der Waals surface area contributed by atoms with Gasteiger partial charge in [-0.05, 0) is 74.3 Å². The van der Waals surface area contributed by atoms with Crippen molar-refractivity contribution < 1.29 is 29.0 Å². The Labute approximate surface area is 231 Å². The predicted molar refractivity (Wildman–Crippen MR) is 145 cm³/mol. The van der Waals surface area contributed by atoms with Crippen LogP contribution in [0.15, 0.2) is 48.7 Å². The Morgan fingerprint density at radius 3 is 2.33 bits per heavy atom. The van der Waals surface area contributed by atoms with E-state index >= 15 is 0 Å². The molecule has 0 bridgehead atoms. The van der Waals surface area contributed by atoms with E-state index in [1.54, 1.807) is 29.3 Å². The van der Waals surface area contributed by atoms with Gasteiger partial charge in [-0.2, -0.15) is 13.2 Å². The first-order valence-electron chi connectivity index (χ1n) is 13.1. The van der Waals surface area contributed by atoms with Gasteiger partial charge < -0.3 is 14.8 Å². The summed E-state index contributed by atoms with van der Waals surface area (Å²) < 4.78 is 41.0. The molecule has 1 fully saturated rings. The number of alkyl halides is 3. The van der Waals surface area contributed by atoms with E-state index in [9.17, 15) is 27.6 Å². The van der Waals surface area contributed by atoms with E-state index in [-0.39, 0.29) is 18.9 Å². The lowest BCUT2D eigenvalue weighted by Gasteiger charge is -2.50. The Bertz CT molecular complexity index is 1480. The van der Waals surface area contributed by atoms with Crippen molar-refractivity contribution in [3.63, 3.8) is 0 Å². The number of halogens is 3. The molecule has 4 heterocycles. The third-order valence-electron chi connectivity index (χ3n) is 8.07. The van der Waals surface area contributed by atoms with Crippen molar-refractivity contribution in [1.82, 2.24) is 19.4 Å². The molecule has 0 aliphatic carbocycles. The van der Waals surface area contributed by atoms with Crippen LogP contribution in [0.5, 0.6) is 0 Å². The van der Waals surface area contributed by atoms with Gasteiger partial charge in [-0.15, -0.1) is 0 Å². The number of hydrogen-bond donors (Lipinski definition) is 1. The molecule has 0 saturated carbocycles. The number of carbonyl (C=O) groups excluding carboxylic acids is 3. The van der Waals surface area contributed by atoms with Crippen LogP contribution in [0.3, 0.4) is 0 Å². The van der Waals surface area contributed by atoms with Gasteiger partial charge in [0.15, 0.2) is 0 Å². The van der Waals surface area contributed by atoms with Gasteiger partial charge in [0.25, 0.3) is 11.7 Å². The SMILES string of the molecule is CC(=O)Nc1ccc(-c2ccc(C(=O)N3CCC4(CC3)c3ccc(C(=O)C(F)(F)F)n3CCN4C)cc2C)cn1.[HH]. The first-order chi connectivity index (χ1) is 18.9. The molecular formula is C29H32F3N5O3. The second kappa shape index (κ2) is 10.2. The fourth-order valence-corrected chi connectivity index (χ4v) is 5.95. The summed E-state index contributed by atoms with van der Waals surface area (Å²) in [5, 5.41) is 2.64. The molecule has 2 aliphatic heterocycles. The second-order valence-corrected chi connectivity index (χ2v) is 10.5.